The fraction of sp³-hybridized carbons (Fsp3) is 0.333. The Balaban J connectivity index is 1.93. The van der Waals surface area contributed by atoms with Crippen molar-refractivity contribution in [3.8, 4) is 11.5 Å². The third-order valence-electron chi connectivity index (χ3n) is 3.55. The van der Waals surface area contributed by atoms with Crippen LogP contribution in [0.4, 0.5) is 0 Å². The molecule has 1 aliphatic carbocycles. The summed E-state index contributed by atoms with van der Waals surface area (Å²) in [7, 11) is 0. The average Bonchev–Trinajstić information content (AvgIpc) is 2.81. The Kier molecular flexibility index (Phi) is 2.85. The average molecular weight is 257 g/mol. The van der Waals surface area contributed by atoms with E-state index in [1.807, 2.05) is 31.2 Å². The normalized spacial score (nSPS) is 18.1. The van der Waals surface area contributed by atoms with Gasteiger partial charge in [-0.1, -0.05) is 17.7 Å². The molecule has 0 fully saturated rings. The second-order valence-electron chi connectivity index (χ2n) is 5.04. The van der Waals surface area contributed by atoms with Crippen LogP contribution in [0.3, 0.4) is 0 Å². The number of carbonyl (C=O) groups is 1. The highest BCUT2D eigenvalue weighted by atomic mass is 16.4. The predicted octanol–water partition coefficient (Wildman–Crippen LogP) is 2.84. The number of aryl methyl sites for hydroxylation is 2. The van der Waals surface area contributed by atoms with E-state index in [0.717, 1.165) is 22.6 Å². The van der Waals surface area contributed by atoms with Crippen molar-refractivity contribution < 1.29 is 14.3 Å². The topological polar surface area (TPSA) is 63.3 Å². The predicted molar refractivity (Wildman–Crippen MR) is 69.8 cm³/mol. The van der Waals surface area contributed by atoms with Gasteiger partial charge in [0.15, 0.2) is 0 Å². The summed E-state index contributed by atoms with van der Waals surface area (Å²) in [4.78, 5) is 15.5. The van der Waals surface area contributed by atoms with Gasteiger partial charge >= 0.3 is 5.97 Å². The zero-order valence-corrected chi connectivity index (χ0v) is 10.7. The van der Waals surface area contributed by atoms with Crippen LogP contribution in [-0.2, 0) is 17.6 Å². The molecular weight excluding hydrogens is 242 g/mol. The lowest BCUT2D eigenvalue weighted by atomic mass is 9.90. The fourth-order valence-corrected chi connectivity index (χ4v) is 2.49. The third-order valence-corrected chi connectivity index (χ3v) is 3.55. The van der Waals surface area contributed by atoms with Crippen molar-refractivity contribution in [3.63, 3.8) is 0 Å². The molecule has 1 aromatic heterocycles. The van der Waals surface area contributed by atoms with Crippen LogP contribution in [0.1, 0.15) is 23.4 Å². The van der Waals surface area contributed by atoms with Gasteiger partial charge < -0.3 is 9.52 Å². The summed E-state index contributed by atoms with van der Waals surface area (Å²) in [6.07, 6.45) is 1.76. The van der Waals surface area contributed by atoms with E-state index in [9.17, 15) is 4.79 Å². The van der Waals surface area contributed by atoms with Crippen LogP contribution in [0.25, 0.3) is 11.5 Å². The van der Waals surface area contributed by atoms with E-state index in [2.05, 4.69) is 4.98 Å². The van der Waals surface area contributed by atoms with E-state index < -0.39 is 5.97 Å². The highest BCUT2D eigenvalue weighted by Gasteiger charge is 2.28. The van der Waals surface area contributed by atoms with Gasteiger partial charge in [-0.25, -0.2) is 4.98 Å². The maximum absolute atomic E-state index is 11.0. The van der Waals surface area contributed by atoms with Crippen molar-refractivity contribution in [3.05, 3.63) is 41.3 Å². The zero-order valence-electron chi connectivity index (χ0n) is 10.7. The highest BCUT2D eigenvalue weighted by Crippen LogP contribution is 2.30. The summed E-state index contributed by atoms with van der Waals surface area (Å²) < 4.78 is 5.77. The Morgan fingerprint density at radius 3 is 3.05 bits per heavy atom. The zero-order chi connectivity index (χ0) is 13.4. The molecule has 1 N–H and O–H groups in total. The first-order chi connectivity index (χ1) is 9.13. The van der Waals surface area contributed by atoms with Gasteiger partial charge in [0.25, 0.3) is 0 Å². The number of fused-ring (bicyclic) bond motifs is 1. The second kappa shape index (κ2) is 4.53. The SMILES string of the molecule is Cc1cccc(-c2nc3c(o2)CCC(C(=O)O)C3)c1. The second-order valence-corrected chi connectivity index (χ2v) is 5.04. The number of nitrogens with zero attached hydrogens (tertiary/aromatic N) is 1. The minimum Gasteiger partial charge on any atom is -0.481 e. The maximum Gasteiger partial charge on any atom is 0.306 e. The molecule has 2 aromatic rings. The van der Waals surface area contributed by atoms with E-state index in [1.165, 1.54) is 0 Å². The molecule has 1 heterocycles. The summed E-state index contributed by atoms with van der Waals surface area (Å²) in [6, 6.07) is 7.96. The molecule has 3 rings (SSSR count). The number of carboxylic acids is 1. The van der Waals surface area contributed by atoms with Gasteiger partial charge in [-0.3, -0.25) is 4.79 Å². The molecule has 0 amide bonds. The van der Waals surface area contributed by atoms with Gasteiger partial charge in [-0.15, -0.1) is 0 Å². The van der Waals surface area contributed by atoms with Crippen molar-refractivity contribution >= 4 is 5.97 Å². The van der Waals surface area contributed by atoms with Gasteiger partial charge in [-0.05, 0) is 25.5 Å². The first-order valence-corrected chi connectivity index (χ1v) is 6.42. The highest BCUT2D eigenvalue weighted by molar-refractivity contribution is 5.70. The van der Waals surface area contributed by atoms with Crippen molar-refractivity contribution in [2.24, 2.45) is 5.92 Å². The van der Waals surface area contributed by atoms with Gasteiger partial charge in [0.1, 0.15) is 5.76 Å². The van der Waals surface area contributed by atoms with Crippen molar-refractivity contribution in [1.82, 2.24) is 4.98 Å². The number of hydrogen-bond donors (Lipinski definition) is 1. The molecule has 98 valence electrons. The van der Waals surface area contributed by atoms with Crippen LogP contribution < -0.4 is 0 Å². The summed E-state index contributed by atoms with van der Waals surface area (Å²) >= 11 is 0. The monoisotopic (exact) mass is 257 g/mol. The van der Waals surface area contributed by atoms with Crippen molar-refractivity contribution in [2.75, 3.05) is 0 Å². The van der Waals surface area contributed by atoms with Crippen LogP contribution in [0.5, 0.6) is 0 Å². The van der Waals surface area contributed by atoms with Crippen molar-refractivity contribution in [2.45, 2.75) is 26.2 Å². The quantitative estimate of drug-likeness (QED) is 0.898. The minimum atomic E-state index is -0.745. The number of aliphatic carboxylic acids is 1. The van der Waals surface area contributed by atoms with Crippen molar-refractivity contribution in [1.29, 1.82) is 0 Å². The van der Waals surface area contributed by atoms with E-state index >= 15 is 0 Å². The molecule has 1 atom stereocenters. The molecule has 1 unspecified atom stereocenters. The van der Waals surface area contributed by atoms with Gasteiger partial charge in [0.05, 0.1) is 11.6 Å². The van der Waals surface area contributed by atoms with Crippen LogP contribution in [-0.4, -0.2) is 16.1 Å². The Hall–Kier alpha value is -2.10. The molecule has 1 aliphatic rings. The molecule has 0 bridgehead atoms. The molecule has 0 saturated carbocycles. The fourth-order valence-electron chi connectivity index (χ4n) is 2.49. The molecule has 0 aliphatic heterocycles. The van der Waals surface area contributed by atoms with Crippen LogP contribution in [0.15, 0.2) is 28.7 Å². The van der Waals surface area contributed by atoms with E-state index in [0.29, 0.717) is 25.2 Å². The first kappa shape index (κ1) is 12.0. The van der Waals surface area contributed by atoms with E-state index in [-0.39, 0.29) is 5.92 Å². The lowest BCUT2D eigenvalue weighted by molar-refractivity contribution is -0.142. The van der Waals surface area contributed by atoms with Crippen LogP contribution in [0.2, 0.25) is 0 Å². The summed E-state index contributed by atoms with van der Waals surface area (Å²) in [5.74, 6) is 0.363. The summed E-state index contributed by atoms with van der Waals surface area (Å²) in [5.41, 5.74) is 2.90. The molecule has 19 heavy (non-hydrogen) atoms. The van der Waals surface area contributed by atoms with Gasteiger partial charge in [0.2, 0.25) is 5.89 Å². The Bertz CT molecular complexity index is 630. The van der Waals surface area contributed by atoms with Gasteiger partial charge in [-0.2, -0.15) is 0 Å². The molecule has 0 radical (unpaired) electrons. The molecule has 0 spiro atoms. The number of rotatable bonds is 2. The van der Waals surface area contributed by atoms with E-state index in [4.69, 9.17) is 9.52 Å². The number of hydrogen-bond acceptors (Lipinski definition) is 3. The van der Waals surface area contributed by atoms with E-state index in [1.54, 1.807) is 0 Å². The molecule has 4 heteroatoms. The lowest BCUT2D eigenvalue weighted by Crippen LogP contribution is -2.21. The largest absolute Gasteiger partial charge is 0.481 e. The number of oxazole rings is 1. The summed E-state index contributed by atoms with van der Waals surface area (Å²) in [5, 5.41) is 9.07. The Morgan fingerprint density at radius 1 is 1.47 bits per heavy atom. The smallest absolute Gasteiger partial charge is 0.306 e. The Morgan fingerprint density at radius 2 is 2.32 bits per heavy atom. The molecule has 1 aromatic carbocycles. The molecular formula is C15H15NO3. The third kappa shape index (κ3) is 2.26. The van der Waals surface area contributed by atoms with Gasteiger partial charge in [0, 0.05) is 18.4 Å². The number of carboxylic acid groups (broad SMARTS) is 1. The lowest BCUT2D eigenvalue weighted by Gasteiger charge is -2.15. The van der Waals surface area contributed by atoms with Crippen LogP contribution in [0, 0.1) is 12.8 Å². The number of aromatic nitrogens is 1. The van der Waals surface area contributed by atoms with Crippen LogP contribution >= 0.6 is 0 Å². The standard InChI is InChI=1S/C15H15NO3/c1-9-3-2-4-10(7-9)14-16-12-8-11(15(17)18)5-6-13(12)19-14/h2-4,7,11H,5-6,8H2,1H3,(H,17,18). The minimum absolute atomic E-state index is 0.331. The Labute approximate surface area is 111 Å². The maximum atomic E-state index is 11.0. The summed E-state index contributed by atoms with van der Waals surface area (Å²) in [6.45, 7) is 2.02. The first-order valence-electron chi connectivity index (χ1n) is 6.42. The molecule has 0 saturated heterocycles. The number of benzene rings is 1. The molecule has 4 nitrogen and oxygen atoms in total.